The van der Waals surface area contributed by atoms with Crippen LogP contribution in [0.5, 0.6) is 0 Å². The van der Waals surface area contributed by atoms with Crippen LogP contribution in [0, 0.1) is 0 Å². The highest BCUT2D eigenvalue weighted by Gasteiger charge is 2.16. The Kier molecular flexibility index (Phi) is 9.02. The Bertz CT molecular complexity index is 3650. The molecule has 0 bridgehead atoms. The first-order valence-corrected chi connectivity index (χ1v) is 22.1. The van der Waals surface area contributed by atoms with Gasteiger partial charge in [0.05, 0.1) is 22.6 Å². The standard InChI is InChI=1S/C59H37N3S/c1-3-14-42(15-4-1)57-51-25-12-22-46(56(51)50-21-7-9-26-52(50)60-57)45-19-11-18-44(36-45)38-28-32-40(33-29-38)53-37-54(62-59(61-53)43-16-5-2-6-17-43)41-34-30-39(31-35-41)47-23-13-24-49-48-20-8-10-27-55(48)63-58(47)49/h1-37H. The van der Waals surface area contributed by atoms with Crippen LogP contribution in [0.15, 0.2) is 224 Å². The van der Waals surface area contributed by atoms with E-state index in [9.17, 15) is 0 Å². The van der Waals surface area contributed by atoms with Crippen molar-refractivity contribution < 1.29 is 0 Å². The SMILES string of the molecule is c1ccc(-c2nc(-c3ccc(-c4cccc(-c5cccc6c(-c7ccccc7)nc7ccccc7c56)c4)cc3)cc(-c3ccc(-c4cccc5c4sc4ccccc45)cc3)n2)cc1. The molecule has 3 heterocycles. The number of benzene rings is 9. The molecule has 9 aromatic carbocycles. The van der Waals surface area contributed by atoms with E-state index >= 15 is 0 Å². The van der Waals surface area contributed by atoms with Crippen LogP contribution >= 0.6 is 11.3 Å². The fraction of sp³-hybridized carbons (Fsp3) is 0. The zero-order valence-electron chi connectivity index (χ0n) is 34.1. The summed E-state index contributed by atoms with van der Waals surface area (Å²) in [5.41, 5.74) is 15.0. The van der Waals surface area contributed by atoms with Crippen LogP contribution < -0.4 is 0 Å². The Morgan fingerprint density at radius 3 is 1.59 bits per heavy atom. The van der Waals surface area contributed by atoms with Crippen molar-refractivity contribution in [3.05, 3.63) is 224 Å². The number of nitrogens with zero attached hydrogens (tertiary/aromatic N) is 3. The number of pyridine rings is 1. The molecular formula is C59H37N3S. The molecule has 0 spiro atoms. The Labute approximate surface area is 369 Å². The molecule has 0 aliphatic carbocycles. The molecule has 0 unspecified atom stereocenters. The average Bonchev–Trinajstić information content (AvgIpc) is 3.76. The van der Waals surface area contributed by atoms with Crippen molar-refractivity contribution in [2.75, 3.05) is 0 Å². The number of hydrogen-bond acceptors (Lipinski definition) is 4. The maximum atomic E-state index is 5.17. The molecule has 0 aliphatic heterocycles. The van der Waals surface area contributed by atoms with Gasteiger partial charge in [0, 0.05) is 58.6 Å². The summed E-state index contributed by atoms with van der Waals surface area (Å²) in [6, 6.07) is 79.7. The molecule has 12 rings (SSSR count). The van der Waals surface area contributed by atoms with E-state index in [0.717, 1.165) is 72.3 Å². The Morgan fingerprint density at radius 2 is 0.841 bits per heavy atom. The van der Waals surface area contributed by atoms with Crippen LogP contribution in [0.4, 0.5) is 0 Å². The maximum absolute atomic E-state index is 5.17. The molecule has 0 N–H and O–H groups in total. The van der Waals surface area contributed by atoms with Gasteiger partial charge < -0.3 is 0 Å². The average molecular weight is 820 g/mol. The van der Waals surface area contributed by atoms with E-state index in [1.807, 2.05) is 29.5 Å². The summed E-state index contributed by atoms with van der Waals surface area (Å²) in [6.07, 6.45) is 0. The second-order valence-electron chi connectivity index (χ2n) is 15.9. The van der Waals surface area contributed by atoms with Crippen molar-refractivity contribution in [2.45, 2.75) is 0 Å². The molecule has 0 saturated carbocycles. The lowest BCUT2D eigenvalue weighted by atomic mass is 9.91. The van der Waals surface area contributed by atoms with Crippen molar-refractivity contribution >= 4 is 53.2 Å². The van der Waals surface area contributed by atoms with Crippen LogP contribution in [-0.2, 0) is 0 Å². The summed E-state index contributed by atoms with van der Waals surface area (Å²) in [5.74, 6) is 0.701. The number of hydrogen-bond donors (Lipinski definition) is 0. The highest BCUT2D eigenvalue weighted by molar-refractivity contribution is 7.26. The van der Waals surface area contributed by atoms with Gasteiger partial charge in [-0.1, -0.05) is 200 Å². The summed E-state index contributed by atoms with van der Waals surface area (Å²) in [5, 5.41) is 6.12. The minimum Gasteiger partial charge on any atom is -0.247 e. The van der Waals surface area contributed by atoms with Crippen molar-refractivity contribution in [1.29, 1.82) is 0 Å². The van der Waals surface area contributed by atoms with Gasteiger partial charge in [-0.3, -0.25) is 0 Å². The fourth-order valence-corrected chi connectivity index (χ4v) is 10.3. The molecule has 0 atom stereocenters. The number of thiophene rings is 1. The zero-order valence-corrected chi connectivity index (χ0v) is 34.9. The van der Waals surface area contributed by atoms with E-state index in [1.54, 1.807) is 0 Å². The Hall–Kier alpha value is -8.05. The Balaban J connectivity index is 0.904. The van der Waals surface area contributed by atoms with Crippen LogP contribution in [0.2, 0.25) is 0 Å². The molecule has 0 fully saturated rings. The van der Waals surface area contributed by atoms with Crippen molar-refractivity contribution in [2.24, 2.45) is 0 Å². The summed E-state index contributed by atoms with van der Waals surface area (Å²) in [7, 11) is 0. The summed E-state index contributed by atoms with van der Waals surface area (Å²) in [6.45, 7) is 0. The van der Waals surface area contributed by atoms with Gasteiger partial charge in [0.15, 0.2) is 5.82 Å². The van der Waals surface area contributed by atoms with Crippen molar-refractivity contribution in [3.8, 4) is 78.5 Å². The van der Waals surface area contributed by atoms with Gasteiger partial charge in [-0.15, -0.1) is 11.3 Å². The van der Waals surface area contributed by atoms with E-state index in [1.165, 1.54) is 42.2 Å². The first-order valence-electron chi connectivity index (χ1n) is 21.3. The van der Waals surface area contributed by atoms with Crippen molar-refractivity contribution in [3.63, 3.8) is 0 Å². The number of para-hydroxylation sites is 1. The molecule has 0 aliphatic rings. The largest absolute Gasteiger partial charge is 0.247 e. The highest BCUT2D eigenvalue weighted by Crippen LogP contribution is 2.42. The summed E-state index contributed by atoms with van der Waals surface area (Å²) >= 11 is 1.86. The summed E-state index contributed by atoms with van der Waals surface area (Å²) in [4.78, 5) is 15.5. The zero-order chi connectivity index (χ0) is 41.7. The number of rotatable bonds is 7. The molecular weight excluding hydrogens is 783 g/mol. The molecule has 0 saturated heterocycles. The first-order chi connectivity index (χ1) is 31.2. The van der Waals surface area contributed by atoms with Gasteiger partial charge in [0.25, 0.3) is 0 Å². The van der Waals surface area contributed by atoms with Gasteiger partial charge in [-0.05, 0) is 57.6 Å². The smallest absolute Gasteiger partial charge is 0.160 e. The topological polar surface area (TPSA) is 38.7 Å². The minimum absolute atomic E-state index is 0.701. The van der Waals surface area contributed by atoms with Crippen LogP contribution in [0.1, 0.15) is 0 Å². The lowest BCUT2D eigenvalue weighted by Crippen LogP contribution is -1.96. The van der Waals surface area contributed by atoms with E-state index in [2.05, 4.69) is 206 Å². The normalized spacial score (nSPS) is 11.5. The molecule has 4 heteroatoms. The maximum Gasteiger partial charge on any atom is 0.160 e. The van der Waals surface area contributed by atoms with Crippen LogP contribution in [0.25, 0.3) is 120 Å². The monoisotopic (exact) mass is 819 g/mol. The molecule has 0 amide bonds. The molecule has 294 valence electrons. The molecule has 3 nitrogen and oxygen atoms in total. The summed E-state index contributed by atoms with van der Waals surface area (Å²) < 4.78 is 2.63. The van der Waals surface area contributed by atoms with E-state index < -0.39 is 0 Å². The van der Waals surface area contributed by atoms with E-state index in [0.29, 0.717) is 5.82 Å². The van der Waals surface area contributed by atoms with Gasteiger partial charge >= 0.3 is 0 Å². The predicted molar refractivity (Wildman–Crippen MR) is 266 cm³/mol. The number of fused-ring (bicyclic) bond motifs is 6. The second kappa shape index (κ2) is 15.4. The number of aromatic nitrogens is 3. The first kappa shape index (κ1) is 36.8. The van der Waals surface area contributed by atoms with Gasteiger partial charge in [-0.2, -0.15) is 0 Å². The van der Waals surface area contributed by atoms with Crippen molar-refractivity contribution in [1.82, 2.24) is 15.0 Å². The molecule has 63 heavy (non-hydrogen) atoms. The van der Waals surface area contributed by atoms with Gasteiger partial charge in [-0.25, -0.2) is 15.0 Å². The van der Waals surface area contributed by atoms with E-state index in [-0.39, 0.29) is 0 Å². The fourth-order valence-electron chi connectivity index (χ4n) is 9.01. The third-order valence-electron chi connectivity index (χ3n) is 12.1. The predicted octanol–water partition coefficient (Wildman–Crippen LogP) is 16.2. The second-order valence-corrected chi connectivity index (χ2v) is 17.0. The lowest BCUT2D eigenvalue weighted by Gasteiger charge is -2.15. The quantitative estimate of drug-likeness (QED) is 0.150. The third-order valence-corrected chi connectivity index (χ3v) is 13.3. The van der Waals surface area contributed by atoms with Crippen LogP contribution in [0.3, 0.4) is 0 Å². The molecule has 3 aromatic heterocycles. The van der Waals surface area contributed by atoms with E-state index in [4.69, 9.17) is 15.0 Å². The van der Waals surface area contributed by atoms with Gasteiger partial charge in [0.2, 0.25) is 0 Å². The highest BCUT2D eigenvalue weighted by atomic mass is 32.1. The molecule has 12 aromatic rings. The third kappa shape index (κ3) is 6.65. The Morgan fingerprint density at radius 1 is 0.302 bits per heavy atom. The molecule has 0 radical (unpaired) electrons. The van der Waals surface area contributed by atoms with Crippen LogP contribution in [-0.4, -0.2) is 15.0 Å². The minimum atomic E-state index is 0.701. The lowest BCUT2D eigenvalue weighted by molar-refractivity contribution is 1.18. The van der Waals surface area contributed by atoms with Gasteiger partial charge in [0.1, 0.15) is 0 Å².